The number of rotatable bonds is 5. The van der Waals surface area contributed by atoms with Gasteiger partial charge in [-0.2, -0.15) is 0 Å². The fraction of sp³-hybridized carbons (Fsp3) is 0.389. The molecule has 1 aromatic carbocycles. The maximum Gasteiger partial charge on any atom is 0.203 e. The second-order valence-electron chi connectivity index (χ2n) is 6.52. The van der Waals surface area contributed by atoms with Crippen molar-refractivity contribution in [2.45, 2.75) is 25.9 Å². The molecule has 25 heavy (non-hydrogen) atoms. The predicted molar refractivity (Wildman–Crippen MR) is 94.0 cm³/mol. The fourth-order valence-electron chi connectivity index (χ4n) is 3.28. The quantitative estimate of drug-likeness (QED) is 0.712. The number of likely N-dealkylation sites (N-methyl/N-ethyl adjacent to an activating group) is 1. The van der Waals surface area contributed by atoms with Gasteiger partial charge in [-0.3, -0.25) is 9.30 Å². The molecule has 0 amide bonds. The zero-order chi connectivity index (χ0) is 17.4. The van der Waals surface area contributed by atoms with Crippen molar-refractivity contribution in [2.75, 3.05) is 25.0 Å². The Bertz CT molecular complexity index is 886. The number of anilines is 1. The lowest BCUT2D eigenvalue weighted by atomic mass is 10.1. The average Bonchev–Trinajstić information content (AvgIpc) is 2.97. The summed E-state index contributed by atoms with van der Waals surface area (Å²) < 4.78 is 15.3. The molecule has 0 saturated carbocycles. The molecule has 7 heteroatoms. The van der Waals surface area contributed by atoms with E-state index in [2.05, 4.69) is 39.0 Å². The van der Waals surface area contributed by atoms with Crippen LogP contribution in [0.4, 0.5) is 10.2 Å². The van der Waals surface area contributed by atoms with E-state index in [0.29, 0.717) is 6.04 Å². The van der Waals surface area contributed by atoms with E-state index >= 15 is 0 Å². The minimum absolute atomic E-state index is 0.185. The minimum Gasteiger partial charge on any atom is -0.350 e. The normalized spacial score (nSPS) is 15.1. The molecular weight excluding hydrogens is 319 g/mol. The predicted octanol–water partition coefficient (Wildman–Crippen LogP) is 2.15. The zero-order valence-corrected chi connectivity index (χ0v) is 14.4. The van der Waals surface area contributed by atoms with E-state index in [1.807, 2.05) is 16.7 Å². The van der Waals surface area contributed by atoms with Crippen molar-refractivity contribution < 1.29 is 4.39 Å². The van der Waals surface area contributed by atoms with Gasteiger partial charge in [-0.25, -0.2) is 9.37 Å². The number of fused-ring (bicyclic) bond motifs is 1. The van der Waals surface area contributed by atoms with Gasteiger partial charge in [-0.1, -0.05) is 19.1 Å². The maximum atomic E-state index is 13.3. The first-order valence-electron chi connectivity index (χ1n) is 8.54. The number of aryl methyl sites for hydroxylation is 1. The van der Waals surface area contributed by atoms with E-state index in [0.717, 1.165) is 48.9 Å². The summed E-state index contributed by atoms with van der Waals surface area (Å²) in [6.07, 6.45) is 4.54. The van der Waals surface area contributed by atoms with Crippen molar-refractivity contribution in [3.05, 3.63) is 53.9 Å². The molecule has 6 nitrogen and oxygen atoms in total. The van der Waals surface area contributed by atoms with E-state index in [-0.39, 0.29) is 5.82 Å². The summed E-state index contributed by atoms with van der Waals surface area (Å²) >= 11 is 0. The van der Waals surface area contributed by atoms with Crippen LogP contribution >= 0.6 is 0 Å². The Morgan fingerprint density at radius 1 is 1.28 bits per heavy atom. The first kappa shape index (κ1) is 16.0. The molecule has 0 spiro atoms. The van der Waals surface area contributed by atoms with Gasteiger partial charge in [0.15, 0.2) is 5.82 Å². The Morgan fingerprint density at radius 3 is 2.88 bits per heavy atom. The molecule has 1 aliphatic heterocycles. The third kappa shape index (κ3) is 2.95. The highest BCUT2D eigenvalue weighted by molar-refractivity contribution is 5.65. The lowest BCUT2D eigenvalue weighted by molar-refractivity contribution is 0.197. The van der Waals surface area contributed by atoms with Gasteiger partial charge in [0.25, 0.3) is 0 Å². The third-order valence-electron chi connectivity index (χ3n) is 4.80. The molecule has 0 radical (unpaired) electrons. The van der Waals surface area contributed by atoms with Crippen LogP contribution in [-0.2, 0) is 13.0 Å². The molecule has 4 rings (SSSR count). The van der Waals surface area contributed by atoms with Gasteiger partial charge < -0.3 is 4.90 Å². The van der Waals surface area contributed by atoms with Gasteiger partial charge in [0.1, 0.15) is 11.6 Å². The summed E-state index contributed by atoms with van der Waals surface area (Å²) in [7, 11) is 2.08. The molecule has 1 saturated heterocycles. The summed E-state index contributed by atoms with van der Waals surface area (Å²) in [5.41, 5.74) is 1.80. The molecule has 1 fully saturated rings. The van der Waals surface area contributed by atoms with E-state index in [4.69, 9.17) is 0 Å². The van der Waals surface area contributed by atoms with Gasteiger partial charge in [0, 0.05) is 44.5 Å². The first-order valence-corrected chi connectivity index (χ1v) is 8.54. The van der Waals surface area contributed by atoms with Crippen LogP contribution in [0.25, 0.3) is 5.65 Å². The second kappa shape index (κ2) is 6.40. The smallest absolute Gasteiger partial charge is 0.203 e. The molecule has 0 N–H and O–H groups in total. The first-order chi connectivity index (χ1) is 12.2. The Balaban J connectivity index is 1.44. The van der Waals surface area contributed by atoms with E-state index in [1.54, 1.807) is 18.3 Å². The lowest BCUT2D eigenvalue weighted by Gasteiger charge is -2.44. The molecule has 3 heterocycles. The van der Waals surface area contributed by atoms with Crippen LogP contribution in [0.2, 0.25) is 0 Å². The SMILES string of the molecule is CCc1nnc2c(N3CC(N(C)Cc4cccc(F)c4)C3)nccn12. The van der Waals surface area contributed by atoms with E-state index in [9.17, 15) is 4.39 Å². The summed E-state index contributed by atoms with van der Waals surface area (Å²) in [6, 6.07) is 7.20. The summed E-state index contributed by atoms with van der Waals surface area (Å²) in [4.78, 5) is 8.98. The van der Waals surface area contributed by atoms with Crippen LogP contribution in [0.15, 0.2) is 36.7 Å². The summed E-state index contributed by atoms with van der Waals surface area (Å²) in [6.45, 7) is 4.57. The Hall–Kier alpha value is -2.54. The molecule has 2 aromatic heterocycles. The van der Waals surface area contributed by atoms with Crippen molar-refractivity contribution in [1.82, 2.24) is 24.5 Å². The molecule has 130 valence electrons. The number of halogens is 1. The molecule has 0 atom stereocenters. The fourth-order valence-corrected chi connectivity index (χ4v) is 3.28. The van der Waals surface area contributed by atoms with Crippen molar-refractivity contribution in [3.63, 3.8) is 0 Å². The molecule has 0 aliphatic carbocycles. The van der Waals surface area contributed by atoms with Crippen LogP contribution < -0.4 is 4.90 Å². The zero-order valence-electron chi connectivity index (χ0n) is 14.4. The molecule has 0 bridgehead atoms. The summed E-state index contributed by atoms with van der Waals surface area (Å²) in [5.74, 6) is 1.64. The van der Waals surface area contributed by atoms with Crippen LogP contribution in [0.3, 0.4) is 0 Å². The average molecular weight is 340 g/mol. The Morgan fingerprint density at radius 2 is 2.12 bits per heavy atom. The maximum absolute atomic E-state index is 13.3. The van der Waals surface area contributed by atoms with Crippen molar-refractivity contribution in [2.24, 2.45) is 0 Å². The molecular formula is C18H21FN6. The highest BCUT2D eigenvalue weighted by Crippen LogP contribution is 2.25. The van der Waals surface area contributed by atoms with Gasteiger partial charge >= 0.3 is 0 Å². The number of hydrogen-bond donors (Lipinski definition) is 0. The van der Waals surface area contributed by atoms with Crippen molar-refractivity contribution in [3.8, 4) is 0 Å². The van der Waals surface area contributed by atoms with E-state index < -0.39 is 0 Å². The Kier molecular flexibility index (Phi) is 4.09. The third-order valence-corrected chi connectivity index (χ3v) is 4.80. The van der Waals surface area contributed by atoms with E-state index in [1.165, 1.54) is 6.07 Å². The highest BCUT2D eigenvalue weighted by Gasteiger charge is 2.32. The second-order valence-corrected chi connectivity index (χ2v) is 6.52. The van der Waals surface area contributed by atoms with Gasteiger partial charge in [0.2, 0.25) is 5.65 Å². The largest absolute Gasteiger partial charge is 0.350 e. The lowest BCUT2D eigenvalue weighted by Crippen LogP contribution is -2.58. The molecule has 3 aromatic rings. The van der Waals surface area contributed by atoms with Crippen LogP contribution in [0.5, 0.6) is 0 Å². The Labute approximate surface area is 145 Å². The standard InChI is InChI=1S/C18H21FN6/c1-3-16-21-22-18-17(20-7-8-25(16)18)24-11-15(12-24)23(2)10-13-5-4-6-14(19)9-13/h4-9,15H,3,10-12H2,1-2H3. The monoisotopic (exact) mass is 340 g/mol. The topological polar surface area (TPSA) is 49.6 Å². The molecule has 1 aliphatic rings. The van der Waals surface area contributed by atoms with Gasteiger partial charge in [-0.05, 0) is 24.7 Å². The van der Waals surface area contributed by atoms with Crippen molar-refractivity contribution >= 4 is 11.5 Å². The van der Waals surface area contributed by atoms with Crippen LogP contribution in [-0.4, -0.2) is 50.7 Å². The highest BCUT2D eigenvalue weighted by atomic mass is 19.1. The number of benzene rings is 1. The molecule has 0 unspecified atom stereocenters. The van der Waals surface area contributed by atoms with Crippen LogP contribution in [0, 0.1) is 5.82 Å². The van der Waals surface area contributed by atoms with Gasteiger partial charge in [0.05, 0.1) is 0 Å². The summed E-state index contributed by atoms with van der Waals surface area (Å²) in [5, 5.41) is 8.53. The number of hydrogen-bond acceptors (Lipinski definition) is 5. The van der Waals surface area contributed by atoms with Crippen LogP contribution in [0.1, 0.15) is 18.3 Å². The van der Waals surface area contributed by atoms with Crippen molar-refractivity contribution in [1.29, 1.82) is 0 Å². The number of nitrogens with zero attached hydrogens (tertiary/aromatic N) is 6. The van der Waals surface area contributed by atoms with Gasteiger partial charge in [-0.15, -0.1) is 10.2 Å². The minimum atomic E-state index is -0.185. The number of aromatic nitrogens is 4.